The topological polar surface area (TPSA) is 64.0 Å². The van der Waals surface area contributed by atoms with E-state index in [0.29, 0.717) is 17.7 Å². The van der Waals surface area contributed by atoms with Crippen LogP contribution in [0.2, 0.25) is 0 Å². The van der Waals surface area contributed by atoms with Gasteiger partial charge in [0.1, 0.15) is 12.2 Å². The average molecular weight is 367 g/mol. The molecule has 0 unspecified atom stereocenters. The number of aromatic nitrogens is 2. The van der Waals surface area contributed by atoms with E-state index in [2.05, 4.69) is 5.32 Å². The van der Waals surface area contributed by atoms with E-state index in [1.807, 2.05) is 72.8 Å². The molecule has 0 fully saturated rings. The molecule has 0 spiro atoms. The van der Waals surface area contributed by atoms with Crippen LogP contribution in [0.15, 0.2) is 72.8 Å². The van der Waals surface area contributed by atoms with Crippen molar-refractivity contribution in [1.29, 1.82) is 0 Å². The molecule has 4 aromatic rings. The largest absolute Gasteiger partial charge is 0.350 e. The van der Waals surface area contributed by atoms with Gasteiger partial charge in [-0.2, -0.15) is 5.10 Å². The van der Waals surface area contributed by atoms with Gasteiger partial charge in [0, 0.05) is 28.6 Å². The molecule has 0 aliphatic heterocycles. The molecule has 5 heteroatoms. The number of carbonyl (C=O) groups excluding carboxylic acids is 2. The average Bonchev–Trinajstić information content (AvgIpc) is 3.10. The van der Waals surface area contributed by atoms with E-state index >= 15 is 0 Å². The third-order valence-electron chi connectivity index (χ3n) is 5.08. The van der Waals surface area contributed by atoms with Crippen molar-refractivity contribution in [2.75, 3.05) is 0 Å². The lowest BCUT2D eigenvalue weighted by molar-refractivity contribution is -0.121. The summed E-state index contributed by atoms with van der Waals surface area (Å²) in [5, 5.41) is 8.45. The molecule has 0 radical (unpaired) electrons. The lowest BCUT2D eigenvalue weighted by atomic mass is 9.87. The molecular formula is C23H17N3O2. The zero-order valence-corrected chi connectivity index (χ0v) is 15.1. The van der Waals surface area contributed by atoms with Crippen LogP contribution in [0.1, 0.15) is 21.5 Å². The number of nitrogens with one attached hydrogen (secondary N) is 1. The van der Waals surface area contributed by atoms with Crippen LogP contribution >= 0.6 is 0 Å². The molecule has 5 rings (SSSR count). The van der Waals surface area contributed by atoms with Crippen LogP contribution in [-0.2, 0) is 17.9 Å². The van der Waals surface area contributed by atoms with E-state index in [0.717, 1.165) is 27.7 Å². The second-order valence-electron chi connectivity index (χ2n) is 6.84. The molecule has 1 aromatic heterocycles. The molecule has 136 valence electrons. The summed E-state index contributed by atoms with van der Waals surface area (Å²) in [7, 11) is 0. The summed E-state index contributed by atoms with van der Waals surface area (Å²) in [6.07, 6.45) is 0. The summed E-state index contributed by atoms with van der Waals surface area (Å²) in [6, 6.07) is 22.8. The van der Waals surface area contributed by atoms with Crippen molar-refractivity contribution in [2.24, 2.45) is 0 Å². The van der Waals surface area contributed by atoms with Gasteiger partial charge in [-0.15, -0.1) is 0 Å². The fraction of sp³-hybridized carbons (Fsp3) is 0.0870. The molecule has 0 saturated heterocycles. The van der Waals surface area contributed by atoms with E-state index in [4.69, 9.17) is 5.10 Å². The minimum atomic E-state index is -0.121. The Balaban J connectivity index is 1.50. The first-order chi connectivity index (χ1) is 13.7. The van der Waals surface area contributed by atoms with Crippen molar-refractivity contribution in [3.8, 4) is 11.3 Å². The normalized spacial score (nSPS) is 12.1. The molecule has 0 saturated carbocycles. The number of hydrogen-bond acceptors (Lipinski definition) is 3. The highest BCUT2D eigenvalue weighted by Gasteiger charge is 2.28. The minimum Gasteiger partial charge on any atom is -0.350 e. The predicted octanol–water partition coefficient (Wildman–Crippen LogP) is 3.56. The first-order valence-electron chi connectivity index (χ1n) is 9.16. The van der Waals surface area contributed by atoms with E-state index in [1.165, 1.54) is 0 Å². The van der Waals surface area contributed by atoms with Gasteiger partial charge in [-0.1, -0.05) is 66.7 Å². The van der Waals surface area contributed by atoms with Gasteiger partial charge in [0.25, 0.3) is 0 Å². The van der Waals surface area contributed by atoms with Crippen molar-refractivity contribution in [3.63, 3.8) is 0 Å². The number of carbonyl (C=O) groups is 2. The summed E-state index contributed by atoms with van der Waals surface area (Å²) in [4.78, 5) is 25.4. The Morgan fingerprint density at radius 1 is 0.857 bits per heavy atom. The first kappa shape index (κ1) is 16.4. The standard InChI is InChI=1S/C23H17N3O2/c27-20(24-13-15-7-2-1-3-8-15)14-26-19-12-6-11-18-21(19)22(25-26)16-9-4-5-10-17(16)23(18)28/h1-12H,13-14H2,(H,24,27). The highest BCUT2D eigenvalue weighted by Crippen LogP contribution is 2.38. The smallest absolute Gasteiger partial charge is 0.242 e. The van der Waals surface area contributed by atoms with Crippen LogP contribution < -0.4 is 5.32 Å². The maximum absolute atomic E-state index is 12.9. The maximum Gasteiger partial charge on any atom is 0.242 e. The predicted molar refractivity (Wildman–Crippen MR) is 107 cm³/mol. The Hall–Kier alpha value is -3.73. The number of benzene rings is 3. The third kappa shape index (κ3) is 2.60. The van der Waals surface area contributed by atoms with Crippen molar-refractivity contribution in [2.45, 2.75) is 13.1 Å². The molecule has 1 aliphatic carbocycles. The summed E-state index contributed by atoms with van der Waals surface area (Å²) in [6.45, 7) is 0.571. The second-order valence-corrected chi connectivity index (χ2v) is 6.84. The van der Waals surface area contributed by atoms with Crippen LogP contribution in [0.3, 0.4) is 0 Å². The zero-order valence-electron chi connectivity index (χ0n) is 15.1. The van der Waals surface area contributed by atoms with Gasteiger partial charge in [0.15, 0.2) is 5.78 Å². The summed E-state index contributed by atoms with van der Waals surface area (Å²) in [5.74, 6) is -0.120. The van der Waals surface area contributed by atoms with Gasteiger partial charge < -0.3 is 5.32 Å². The monoisotopic (exact) mass is 367 g/mol. The number of rotatable bonds is 4. The molecule has 1 aliphatic rings. The van der Waals surface area contributed by atoms with Gasteiger partial charge in [-0.25, -0.2) is 0 Å². The number of nitrogens with zero attached hydrogens (tertiary/aromatic N) is 2. The maximum atomic E-state index is 12.9. The van der Waals surface area contributed by atoms with Crippen LogP contribution in [0.5, 0.6) is 0 Å². The Kier molecular flexibility index (Phi) is 3.79. The number of amides is 1. The third-order valence-corrected chi connectivity index (χ3v) is 5.08. The van der Waals surface area contributed by atoms with Gasteiger partial charge in [0.05, 0.1) is 5.52 Å². The van der Waals surface area contributed by atoms with Gasteiger partial charge in [-0.3, -0.25) is 14.3 Å². The lowest BCUT2D eigenvalue weighted by Gasteiger charge is -2.13. The Morgan fingerprint density at radius 3 is 2.39 bits per heavy atom. The van der Waals surface area contributed by atoms with Gasteiger partial charge >= 0.3 is 0 Å². The fourth-order valence-corrected chi connectivity index (χ4v) is 3.75. The van der Waals surface area contributed by atoms with Gasteiger partial charge in [0.2, 0.25) is 5.91 Å². The van der Waals surface area contributed by atoms with Crippen LogP contribution in [0, 0.1) is 0 Å². The number of hydrogen-bond donors (Lipinski definition) is 1. The van der Waals surface area contributed by atoms with Crippen molar-refractivity contribution >= 4 is 22.6 Å². The van der Waals surface area contributed by atoms with Crippen LogP contribution in [0.25, 0.3) is 22.2 Å². The highest BCUT2D eigenvalue weighted by molar-refractivity contribution is 6.25. The van der Waals surface area contributed by atoms with E-state index < -0.39 is 0 Å². The highest BCUT2D eigenvalue weighted by atomic mass is 16.2. The lowest BCUT2D eigenvalue weighted by Crippen LogP contribution is -2.27. The SMILES string of the molecule is O=C(Cn1nc2c3c(cccc31)C(=O)c1ccccc1-2)NCc1ccccc1. The van der Waals surface area contributed by atoms with Crippen molar-refractivity contribution in [1.82, 2.24) is 15.1 Å². The Bertz CT molecular complexity index is 1230. The molecule has 1 N–H and O–H groups in total. The van der Waals surface area contributed by atoms with Crippen molar-refractivity contribution in [3.05, 3.63) is 89.5 Å². The summed E-state index contributed by atoms with van der Waals surface area (Å²) < 4.78 is 1.68. The minimum absolute atomic E-state index is 0.00165. The van der Waals surface area contributed by atoms with Crippen molar-refractivity contribution < 1.29 is 9.59 Å². The van der Waals surface area contributed by atoms with E-state index in [1.54, 1.807) is 4.68 Å². The quantitative estimate of drug-likeness (QED) is 0.528. The Morgan fingerprint density at radius 2 is 1.57 bits per heavy atom. The Labute approximate surface area is 161 Å². The molecule has 1 amide bonds. The molecular weight excluding hydrogens is 350 g/mol. The molecule has 0 atom stereocenters. The summed E-state index contributed by atoms with van der Waals surface area (Å²) in [5.41, 5.74) is 4.71. The zero-order chi connectivity index (χ0) is 19.1. The number of ketones is 1. The second kappa shape index (κ2) is 6.46. The van der Waals surface area contributed by atoms with E-state index in [-0.39, 0.29) is 18.2 Å². The molecule has 28 heavy (non-hydrogen) atoms. The molecule has 5 nitrogen and oxygen atoms in total. The summed E-state index contributed by atoms with van der Waals surface area (Å²) >= 11 is 0. The first-order valence-corrected chi connectivity index (χ1v) is 9.16. The van der Waals surface area contributed by atoms with Crippen LogP contribution in [-0.4, -0.2) is 21.5 Å². The fourth-order valence-electron chi connectivity index (χ4n) is 3.75. The number of fused-ring (bicyclic) bond motifs is 2. The van der Waals surface area contributed by atoms with E-state index in [9.17, 15) is 9.59 Å². The molecule has 0 bridgehead atoms. The van der Waals surface area contributed by atoms with Crippen LogP contribution in [0.4, 0.5) is 0 Å². The molecule has 3 aromatic carbocycles. The van der Waals surface area contributed by atoms with Gasteiger partial charge in [-0.05, 0) is 11.6 Å². The molecule has 1 heterocycles.